The minimum atomic E-state index is -2.86. The van der Waals surface area contributed by atoms with E-state index < -0.39 is 26.2 Å². The van der Waals surface area contributed by atoms with Crippen LogP contribution in [0, 0.1) is 0 Å². The van der Waals surface area contributed by atoms with Crippen molar-refractivity contribution in [2.24, 2.45) is 0 Å². The quantitative estimate of drug-likeness (QED) is 0.251. The third-order valence-electron chi connectivity index (χ3n) is 7.29. The maximum atomic E-state index is 7.90. The molecule has 0 amide bonds. The Morgan fingerprint density at radius 1 is 0.818 bits per heavy atom. The minimum Gasteiger partial charge on any atom is -0.414 e. The predicted octanol–water partition coefficient (Wildman–Crippen LogP) is 5.69. The van der Waals surface area contributed by atoms with Gasteiger partial charge in [0.2, 0.25) is 0 Å². The van der Waals surface area contributed by atoms with Crippen LogP contribution in [-0.4, -0.2) is 42.3 Å². The van der Waals surface area contributed by atoms with E-state index in [1.165, 1.54) is 10.4 Å². The van der Waals surface area contributed by atoms with E-state index in [0.717, 1.165) is 25.7 Å². The molecule has 0 heterocycles. The smallest absolute Gasteiger partial charge is 0.286 e. The highest BCUT2D eigenvalue weighted by molar-refractivity contribution is 7.17. The van der Waals surface area contributed by atoms with Gasteiger partial charge in [-0.1, -0.05) is 101 Å². The summed E-state index contributed by atoms with van der Waals surface area (Å²) in [5, 5.41) is 2.30. The number of hydrogen-bond donors (Lipinski definition) is 0. The molecule has 2 aromatic carbocycles. The van der Waals surface area contributed by atoms with Gasteiger partial charge in [-0.3, -0.25) is 0 Å². The van der Waals surface area contributed by atoms with Crippen molar-refractivity contribution in [2.45, 2.75) is 95.7 Å². The topological polar surface area (TPSA) is 18.5 Å². The number of hydrogen-bond acceptors (Lipinski definition) is 2. The summed E-state index contributed by atoms with van der Waals surface area (Å²) < 4.78 is 15.2. The third-order valence-corrected chi connectivity index (χ3v) is 16.9. The van der Waals surface area contributed by atoms with Crippen LogP contribution in [0.1, 0.15) is 53.4 Å². The van der Waals surface area contributed by atoms with Gasteiger partial charge in [0, 0.05) is 5.22 Å². The molecule has 0 aromatic heterocycles. The molecule has 3 unspecified atom stereocenters. The lowest BCUT2D eigenvalue weighted by molar-refractivity contribution is 0.0639. The fourth-order valence-corrected chi connectivity index (χ4v) is 17.0. The summed E-state index contributed by atoms with van der Waals surface area (Å²) in [5.41, 5.74) is 0.439. The van der Waals surface area contributed by atoms with Crippen LogP contribution in [0.25, 0.3) is 0 Å². The second kappa shape index (κ2) is 12.4. The van der Waals surface area contributed by atoms with Gasteiger partial charge in [-0.2, -0.15) is 0 Å². The van der Waals surface area contributed by atoms with Crippen LogP contribution in [0.4, 0.5) is 0 Å². The number of rotatable bonds is 13. The molecule has 6 heteroatoms. The molecular formula is C27H47O2PSi3. The lowest BCUT2D eigenvalue weighted by atomic mass is 10.1. The van der Waals surface area contributed by atoms with Gasteiger partial charge < -0.3 is 8.85 Å². The van der Waals surface area contributed by atoms with Gasteiger partial charge in [-0.15, -0.1) is 9.24 Å². The third kappa shape index (κ3) is 5.99. The molecule has 0 N–H and O–H groups in total. The first-order valence-corrected chi connectivity index (χ1v) is 21.1. The van der Waals surface area contributed by atoms with Crippen LogP contribution in [0.2, 0.25) is 26.2 Å². The van der Waals surface area contributed by atoms with Crippen molar-refractivity contribution in [1.29, 1.82) is 0 Å². The molecule has 0 spiro atoms. The van der Waals surface area contributed by atoms with Crippen LogP contribution in [0.5, 0.6) is 0 Å². The standard InChI is InChI=1S/C27H47O2PSi3/c1-9-26(10-2,31(5)6)29-33(24-18-14-12-15-19-24,25-20-16-13-17-21-25)27(11-3,22-23(4)30)28-32(7)8/h12-21,23,31-32H,9-11,22,30H2,1-8H3. The van der Waals surface area contributed by atoms with Crippen LogP contribution < -0.4 is 10.4 Å². The highest BCUT2D eigenvalue weighted by Gasteiger charge is 2.61. The Bertz CT molecular complexity index is 774. The maximum absolute atomic E-state index is 7.90. The van der Waals surface area contributed by atoms with Crippen LogP contribution >= 0.6 is 9.24 Å². The first-order chi connectivity index (χ1) is 15.6. The molecule has 0 bridgehead atoms. The molecule has 0 aliphatic carbocycles. The average Bonchev–Trinajstić information content (AvgIpc) is 2.80. The van der Waals surface area contributed by atoms with E-state index in [1.54, 1.807) is 0 Å². The van der Waals surface area contributed by atoms with Crippen molar-refractivity contribution in [1.82, 2.24) is 0 Å². The van der Waals surface area contributed by atoms with Gasteiger partial charge in [-0.05, 0) is 54.8 Å². The summed E-state index contributed by atoms with van der Waals surface area (Å²) in [6.07, 6.45) is 4.04. The first-order valence-electron chi connectivity index (χ1n) is 12.9. The fourth-order valence-electron chi connectivity index (χ4n) is 5.61. The van der Waals surface area contributed by atoms with Gasteiger partial charge in [-0.25, -0.2) is 0 Å². The molecule has 2 nitrogen and oxygen atoms in total. The Morgan fingerprint density at radius 2 is 1.27 bits per heavy atom. The zero-order chi connectivity index (χ0) is 24.7. The molecule has 0 saturated carbocycles. The first kappa shape index (κ1) is 28.7. The molecule has 33 heavy (non-hydrogen) atoms. The van der Waals surface area contributed by atoms with E-state index in [9.17, 15) is 0 Å². The normalized spacial score (nSPS) is 15.6. The Morgan fingerprint density at radius 3 is 1.58 bits per heavy atom. The van der Waals surface area contributed by atoms with E-state index in [4.69, 9.17) is 8.85 Å². The lowest BCUT2D eigenvalue weighted by Gasteiger charge is -2.55. The van der Waals surface area contributed by atoms with Gasteiger partial charge >= 0.3 is 0 Å². The van der Waals surface area contributed by atoms with Crippen molar-refractivity contribution >= 4 is 45.8 Å². The summed E-state index contributed by atoms with van der Waals surface area (Å²) in [6, 6.07) is 22.3. The van der Waals surface area contributed by atoms with E-state index in [2.05, 4.69) is 124 Å². The lowest BCUT2D eigenvalue weighted by Crippen LogP contribution is -2.79. The van der Waals surface area contributed by atoms with E-state index in [-0.39, 0.29) is 10.4 Å². The van der Waals surface area contributed by atoms with Gasteiger partial charge in [0.05, 0.1) is 14.0 Å². The van der Waals surface area contributed by atoms with Gasteiger partial charge in [0.15, 0.2) is 9.04 Å². The molecule has 0 aliphatic rings. The fraction of sp³-hybridized carbons (Fsp3) is 0.556. The molecule has 0 saturated heterocycles. The number of benzene rings is 2. The van der Waals surface area contributed by atoms with Crippen molar-refractivity contribution in [3.8, 4) is 0 Å². The van der Waals surface area contributed by atoms with Crippen molar-refractivity contribution in [3.63, 3.8) is 0 Å². The van der Waals surface area contributed by atoms with Crippen LogP contribution in [0.3, 0.4) is 0 Å². The Balaban J connectivity index is 3.04. The van der Waals surface area contributed by atoms with Gasteiger partial charge in [0.25, 0.3) is 8.32 Å². The molecule has 2 aromatic rings. The second-order valence-corrected chi connectivity index (χ2v) is 20.6. The molecule has 3 atom stereocenters. The second-order valence-electron chi connectivity index (χ2n) is 10.1. The Labute approximate surface area is 210 Å². The molecular weight excluding hydrogens is 472 g/mol. The minimum absolute atomic E-state index is 0.0651. The predicted molar refractivity (Wildman–Crippen MR) is 158 cm³/mol. The summed E-state index contributed by atoms with van der Waals surface area (Å²) in [7, 11) is -2.34. The van der Waals surface area contributed by atoms with E-state index >= 15 is 0 Å². The van der Waals surface area contributed by atoms with E-state index in [0.29, 0.717) is 5.66 Å². The highest BCUT2D eigenvalue weighted by atomic mass is 31.0. The Kier molecular flexibility index (Phi) is 10.8. The molecule has 0 radical (unpaired) electrons. The highest BCUT2D eigenvalue weighted by Crippen LogP contribution is 2.41. The summed E-state index contributed by atoms with van der Waals surface area (Å²) in [6.45, 7) is 18.9. The summed E-state index contributed by atoms with van der Waals surface area (Å²) in [5.74, 6) is 0. The largest absolute Gasteiger partial charge is 0.414 e. The van der Waals surface area contributed by atoms with Crippen LogP contribution in [-0.2, 0) is 8.85 Å². The van der Waals surface area contributed by atoms with Crippen LogP contribution in [0.15, 0.2) is 60.7 Å². The summed E-state index contributed by atoms with van der Waals surface area (Å²) >= 11 is 0. The summed E-state index contributed by atoms with van der Waals surface area (Å²) in [4.78, 5) is 0. The van der Waals surface area contributed by atoms with Crippen molar-refractivity contribution in [2.75, 3.05) is 0 Å². The molecule has 0 fully saturated rings. The van der Waals surface area contributed by atoms with E-state index in [1.807, 2.05) is 0 Å². The van der Waals surface area contributed by atoms with Crippen molar-refractivity contribution in [3.05, 3.63) is 60.7 Å². The Hall–Kier alpha value is -0.559. The zero-order valence-electron chi connectivity index (χ0n) is 22.2. The zero-order valence-corrected chi connectivity index (χ0v) is 26.7. The van der Waals surface area contributed by atoms with Gasteiger partial charge in [0.1, 0.15) is 0 Å². The molecule has 184 valence electrons. The molecule has 0 aliphatic heterocycles. The average molecular weight is 519 g/mol. The SMILES string of the molecule is CCC(CC)(O[Si](c1ccccc1)(c1ccccc1)C(CC)(CC(C)P)O[SiH](C)C)[SiH](C)C. The maximum Gasteiger partial charge on any atom is 0.286 e. The monoisotopic (exact) mass is 518 g/mol. The van der Waals surface area contributed by atoms with Crippen molar-refractivity contribution < 1.29 is 8.85 Å². The molecule has 2 rings (SSSR count).